The highest BCUT2D eigenvalue weighted by Crippen LogP contribution is 2.15. The van der Waals surface area contributed by atoms with E-state index in [4.69, 9.17) is 0 Å². The van der Waals surface area contributed by atoms with Crippen molar-refractivity contribution in [2.45, 2.75) is 19.9 Å². The molecule has 5 heteroatoms. The van der Waals surface area contributed by atoms with E-state index in [-0.39, 0.29) is 5.91 Å². The Bertz CT molecular complexity index is 434. The first-order chi connectivity index (χ1) is 8.60. The van der Waals surface area contributed by atoms with E-state index in [0.717, 1.165) is 10.0 Å². The molecule has 1 rings (SSSR count). The van der Waals surface area contributed by atoms with Crippen molar-refractivity contribution in [3.63, 3.8) is 0 Å². The molecule has 18 heavy (non-hydrogen) atoms. The lowest BCUT2D eigenvalue weighted by atomic mass is 10.1. The number of halogens is 1. The number of amides is 1. The molecule has 0 radical (unpaired) electrons. The van der Waals surface area contributed by atoms with E-state index in [1.54, 1.807) is 6.92 Å². The highest BCUT2D eigenvalue weighted by molar-refractivity contribution is 9.10. The second-order valence-corrected chi connectivity index (χ2v) is 4.65. The standard InChI is InChI=1S/C13H16BrNO3/c1-3-10(13(17)18-2)12(16)15-8-9-6-4-5-7-11(9)14/h4-7,10H,3,8H2,1-2H3,(H,15,16). The molecule has 98 valence electrons. The van der Waals surface area contributed by atoms with Gasteiger partial charge in [-0.15, -0.1) is 0 Å². The van der Waals surface area contributed by atoms with Gasteiger partial charge in [0.1, 0.15) is 5.92 Å². The van der Waals surface area contributed by atoms with Crippen LogP contribution in [0.5, 0.6) is 0 Å². The monoisotopic (exact) mass is 313 g/mol. The summed E-state index contributed by atoms with van der Waals surface area (Å²) in [5.74, 6) is -1.54. The fourth-order valence-electron chi connectivity index (χ4n) is 1.55. The molecule has 0 saturated carbocycles. The van der Waals surface area contributed by atoms with Crippen molar-refractivity contribution in [3.05, 3.63) is 34.3 Å². The Morgan fingerprint density at radius 1 is 1.39 bits per heavy atom. The van der Waals surface area contributed by atoms with Gasteiger partial charge in [-0.1, -0.05) is 41.1 Å². The molecule has 1 N–H and O–H groups in total. The number of nitrogens with one attached hydrogen (secondary N) is 1. The van der Waals surface area contributed by atoms with Crippen LogP contribution in [0.3, 0.4) is 0 Å². The highest BCUT2D eigenvalue weighted by atomic mass is 79.9. The largest absolute Gasteiger partial charge is 0.468 e. The van der Waals surface area contributed by atoms with Crippen LogP contribution in [0.25, 0.3) is 0 Å². The van der Waals surface area contributed by atoms with Gasteiger partial charge in [-0.2, -0.15) is 0 Å². The van der Waals surface area contributed by atoms with Gasteiger partial charge in [0.25, 0.3) is 0 Å². The lowest BCUT2D eigenvalue weighted by Gasteiger charge is -2.13. The Labute approximate surface area is 115 Å². The minimum Gasteiger partial charge on any atom is -0.468 e. The third-order valence-corrected chi connectivity index (χ3v) is 3.39. The van der Waals surface area contributed by atoms with Crippen LogP contribution < -0.4 is 5.32 Å². The zero-order chi connectivity index (χ0) is 13.5. The van der Waals surface area contributed by atoms with E-state index in [1.807, 2.05) is 24.3 Å². The second kappa shape index (κ2) is 7.16. The molecular weight excluding hydrogens is 298 g/mol. The summed E-state index contributed by atoms with van der Waals surface area (Å²) >= 11 is 3.40. The summed E-state index contributed by atoms with van der Waals surface area (Å²) in [5, 5.41) is 2.74. The van der Waals surface area contributed by atoms with Gasteiger partial charge in [0.2, 0.25) is 5.91 Å². The summed E-state index contributed by atoms with van der Waals surface area (Å²) in [7, 11) is 1.28. The SMILES string of the molecule is CCC(C(=O)NCc1ccccc1Br)C(=O)OC. The molecular formula is C13H16BrNO3. The molecule has 1 amide bonds. The Balaban J connectivity index is 2.60. The van der Waals surface area contributed by atoms with Crippen molar-refractivity contribution in [3.8, 4) is 0 Å². The number of methoxy groups -OCH3 is 1. The van der Waals surface area contributed by atoms with Gasteiger partial charge in [-0.3, -0.25) is 9.59 Å². The number of carbonyl (C=O) groups is 2. The van der Waals surface area contributed by atoms with Crippen LogP contribution >= 0.6 is 15.9 Å². The van der Waals surface area contributed by atoms with Crippen LogP contribution in [-0.4, -0.2) is 19.0 Å². The summed E-state index contributed by atoms with van der Waals surface area (Å²) < 4.78 is 5.52. The Morgan fingerprint density at radius 2 is 2.06 bits per heavy atom. The van der Waals surface area contributed by atoms with Crippen LogP contribution in [0.15, 0.2) is 28.7 Å². The number of esters is 1. The molecule has 4 nitrogen and oxygen atoms in total. The normalized spacial score (nSPS) is 11.7. The molecule has 0 spiro atoms. The molecule has 0 bridgehead atoms. The Kier molecular flexibility index (Phi) is 5.85. The van der Waals surface area contributed by atoms with Gasteiger partial charge in [0, 0.05) is 11.0 Å². The fraction of sp³-hybridized carbons (Fsp3) is 0.385. The van der Waals surface area contributed by atoms with Crippen LogP contribution in [0.4, 0.5) is 0 Å². The molecule has 1 aromatic carbocycles. The summed E-state index contributed by atoms with van der Waals surface area (Å²) in [6, 6.07) is 7.60. The van der Waals surface area contributed by atoms with Crippen molar-refractivity contribution in [1.82, 2.24) is 5.32 Å². The van der Waals surface area contributed by atoms with Gasteiger partial charge in [0.15, 0.2) is 0 Å². The Morgan fingerprint density at radius 3 is 2.61 bits per heavy atom. The number of hydrogen-bond donors (Lipinski definition) is 1. The van der Waals surface area contributed by atoms with Crippen molar-refractivity contribution >= 4 is 27.8 Å². The molecule has 0 heterocycles. The average Bonchev–Trinajstić information content (AvgIpc) is 2.38. The molecule has 0 aliphatic heterocycles. The van der Waals surface area contributed by atoms with E-state index in [9.17, 15) is 9.59 Å². The first kappa shape index (κ1) is 14.7. The third-order valence-electron chi connectivity index (χ3n) is 2.62. The molecule has 0 aliphatic rings. The first-order valence-corrected chi connectivity index (χ1v) is 6.48. The van der Waals surface area contributed by atoms with Crippen molar-refractivity contribution < 1.29 is 14.3 Å². The Hall–Kier alpha value is -1.36. The first-order valence-electron chi connectivity index (χ1n) is 5.69. The number of carbonyl (C=O) groups excluding carboxylic acids is 2. The van der Waals surface area contributed by atoms with Crippen LogP contribution in [0, 0.1) is 5.92 Å². The van der Waals surface area contributed by atoms with Crippen LogP contribution in [-0.2, 0) is 20.9 Å². The minimum atomic E-state index is -0.738. The van der Waals surface area contributed by atoms with Crippen LogP contribution in [0.2, 0.25) is 0 Å². The van der Waals surface area contributed by atoms with E-state index >= 15 is 0 Å². The van der Waals surface area contributed by atoms with Crippen LogP contribution in [0.1, 0.15) is 18.9 Å². The zero-order valence-electron chi connectivity index (χ0n) is 10.4. The van der Waals surface area contributed by atoms with Crippen molar-refractivity contribution in [2.75, 3.05) is 7.11 Å². The molecule has 0 fully saturated rings. The summed E-state index contributed by atoms with van der Waals surface area (Å²) in [6.07, 6.45) is 0.425. The molecule has 0 aromatic heterocycles. The van der Waals surface area contributed by atoms with E-state index < -0.39 is 11.9 Å². The predicted molar refractivity (Wildman–Crippen MR) is 71.8 cm³/mol. The van der Waals surface area contributed by atoms with E-state index in [0.29, 0.717) is 13.0 Å². The quantitative estimate of drug-likeness (QED) is 0.670. The molecule has 1 aromatic rings. The molecule has 0 aliphatic carbocycles. The maximum absolute atomic E-state index is 11.8. The van der Waals surface area contributed by atoms with E-state index in [2.05, 4.69) is 26.0 Å². The summed E-state index contributed by atoms with van der Waals surface area (Å²) in [4.78, 5) is 23.2. The zero-order valence-corrected chi connectivity index (χ0v) is 12.0. The number of benzene rings is 1. The number of ether oxygens (including phenoxy) is 1. The van der Waals surface area contributed by atoms with Gasteiger partial charge < -0.3 is 10.1 Å². The van der Waals surface area contributed by atoms with Gasteiger partial charge >= 0.3 is 5.97 Å². The number of hydrogen-bond acceptors (Lipinski definition) is 3. The summed E-state index contributed by atoms with van der Waals surface area (Å²) in [6.45, 7) is 2.16. The molecule has 1 unspecified atom stereocenters. The lowest BCUT2D eigenvalue weighted by Crippen LogP contribution is -2.35. The second-order valence-electron chi connectivity index (χ2n) is 3.79. The van der Waals surface area contributed by atoms with Crippen molar-refractivity contribution in [2.24, 2.45) is 5.92 Å². The average molecular weight is 314 g/mol. The van der Waals surface area contributed by atoms with Gasteiger partial charge in [-0.25, -0.2) is 0 Å². The highest BCUT2D eigenvalue weighted by Gasteiger charge is 2.25. The third kappa shape index (κ3) is 3.84. The number of rotatable bonds is 5. The maximum atomic E-state index is 11.8. The predicted octanol–water partition coefficient (Wildman–Crippen LogP) is 2.26. The molecule has 0 saturated heterocycles. The maximum Gasteiger partial charge on any atom is 0.318 e. The smallest absolute Gasteiger partial charge is 0.318 e. The minimum absolute atomic E-state index is 0.305. The molecule has 1 atom stereocenters. The summed E-state index contributed by atoms with van der Waals surface area (Å²) in [5.41, 5.74) is 0.963. The fourth-order valence-corrected chi connectivity index (χ4v) is 1.97. The topological polar surface area (TPSA) is 55.4 Å². The van der Waals surface area contributed by atoms with Gasteiger partial charge in [-0.05, 0) is 18.1 Å². The van der Waals surface area contributed by atoms with E-state index in [1.165, 1.54) is 7.11 Å². The van der Waals surface area contributed by atoms with Crippen molar-refractivity contribution in [1.29, 1.82) is 0 Å². The lowest BCUT2D eigenvalue weighted by molar-refractivity contribution is -0.150. The van der Waals surface area contributed by atoms with Gasteiger partial charge in [0.05, 0.1) is 7.11 Å².